The first-order chi connectivity index (χ1) is 8.97. The molecule has 0 aliphatic carbocycles. The van der Waals surface area contributed by atoms with Crippen LogP contribution in [0, 0.1) is 17.0 Å². The van der Waals surface area contributed by atoms with E-state index in [1.807, 2.05) is 0 Å². The van der Waals surface area contributed by atoms with E-state index in [0.29, 0.717) is 5.56 Å². The first-order valence-electron chi connectivity index (χ1n) is 5.39. The molecular weight excluding hydrogens is 252 g/mol. The van der Waals surface area contributed by atoms with E-state index in [0.717, 1.165) is 0 Å². The second-order valence-electron chi connectivity index (χ2n) is 3.98. The van der Waals surface area contributed by atoms with Gasteiger partial charge in [-0.2, -0.15) is 5.10 Å². The van der Waals surface area contributed by atoms with E-state index in [1.165, 1.54) is 12.1 Å². The van der Waals surface area contributed by atoms with Gasteiger partial charge in [-0.05, 0) is 13.0 Å². The second-order valence-corrected chi connectivity index (χ2v) is 3.98. The van der Waals surface area contributed by atoms with Crippen LogP contribution in [-0.4, -0.2) is 22.4 Å². The van der Waals surface area contributed by atoms with Crippen molar-refractivity contribution in [1.82, 2.24) is 5.43 Å². The van der Waals surface area contributed by atoms with Gasteiger partial charge in [0.1, 0.15) is 5.71 Å². The van der Waals surface area contributed by atoms with Crippen molar-refractivity contribution in [2.24, 2.45) is 5.10 Å². The lowest BCUT2D eigenvalue weighted by Crippen LogP contribution is -2.22. The third-order valence-corrected chi connectivity index (χ3v) is 2.57. The van der Waals surface area contributed by atoms with Gasteiger partial charge in [-0.15, -0.1) is 0 Å². The van der Waals surface area contributed by atoms with E-state index >= 15 is 0 Å². The highest BCUT2D eigenvalue weighted by Gasteiger charge is 2.22. The van der Waals surface area contributed by atoms with Crippen LogP contribution in [0.1, 0.15) is 12.0 Å². The number of amides is 2. The number of anilines is 1. The zero-order chi connectivity index (χ0) is 14.0. The highest BCUT2D eigenvalue weighted by molar-refractivity contribution is 6.46. The van der Waals surface area contributed by atoms with Gasteiger partial charge in [0.25, 0.3) is 11.6 Å². The summed E-state index contributed by atoms with van der Waals surface area (Å²) in [7, 11) is 0. The monoisotopic (exact) mass is 262 g/mol. The molecule has 0 unspecified atom stereocenters. The Labute approximate surface area is 107 Å². The largest absolute Gasteiger partial charge is 0.321 e. The summed E-state index contributed by atoms with van der Waals surface area (Å²) >= 11 is 0. The second kappa shape index (κ2) is 4.84. The maximum Gasteiger partial charge on any atom is 0.274 e. The molecule has 2 amide bonds. The predicted molar refractivity (Wildman–Crippen MR) is 66.7 cm³/mol. The van der Waals surface area contributed by atoms with Crippen LogP contribution in [0.25, 0.3) is 0 Å². The van der Waals surface area contributed by atoms with Gasteiger partial charge in [0, 0.05) is 17.3 Å². The standard InChI is InChI=1S/C11H10N4O4/c1-6-2-3-7(4-9(6)15(18)19)12-11(17)8-5-10(16)14-13-8/h2-4H,5H2,1H3,(H,12,17)(H,14,16). The number of carbonyl (C=O) groups excluding carboxylic acids is 2. The molecule has 2 N–H and O–H groups in total. The molecule has 8 nitrogen and oxygen atoms in total. The van der Waals surface area contributed by atoms with Crippen molar-refractivity contribution in [2.75, 3.05) is 5.32 Å². The number of nitro benzene ring substituents is 1. The van der Waals surface area contributed by atoms with Crippen LogP contribution in [0.15, 0.2) is 23.3 Å². The van der Waals surface area contributed by atoms with Crippen molar-refractivity contribution in [3.8, 4) is 0 Å². The Kier molecular flexibility index (Phi) is 3.23. The Morgan fingerprint density at radius 1 is 1.53 bits per heavy atom. The molecule has 0 fully saturated rings. The Morgan fingerprint density at radius 3 is 2.84 bits per heavy atom. The molecule has 2 rings (SSSR count). The Bertz CT molecular complexity index is 609. The minimum atomic E-state index is -0.559. The van der Waals surface area contributed by atoms with Crippen molar-refractivity contribution in [3.63, 3.8) is 0 Å². The zero-order valence-corrected chi connectivity index (χ0v) is 9.97. The summed E-state index contributed by atoms with van der Waals surface area (Å²) in [4.78, 5) is 32.9. The molecule has 1 heterocycles. The van der Waals surface area contributed by atoms with E-state index in [2.05, 4.69) is 15.8 Å². The van der Waals surface area contributed by atoms with Gasteiger partial charge in [0.05, 0.1) is 11.3 Å². The molecule has 1 aliphatic heterocycles. The minimum Gasteiger partial charge on any atom is -0.321 e. The molecule has 0 aromatic heterocycles. The number of nitro groups is 1. The lowest BCUT2D eigenvalue weighted by atomic mass is 10.1. The Hall–Kier alpha value is -2.77. The van der Waals surface area contributed by atoms with E-state index in [-0.39, 0.29) is 29.4 Å². The fourth-order valence-electron chi connectivity index (χ4n) is 1.58. The van der Waals surface area contributed by atoms with Gasteiger partial charge in [0.2, 0.25) is 5.91 Å². The maximum atomic E-state index is 11.7. The lowest BCUT2D eigenvalue weighted by Gasteiger charge is -2.05. The lowest BCUT2D eigenvalue weighted by molar-refractivity contribution is -0.385. The highest BCUT2D eigenvalue weighted by Crippen LogP contribution is 2.22. The van der Waals surface area contributed by atoms with Gasteiger partial charge in [0.15, 0.2) is 0 Å². The fourth-order valence-corrected chi connectivity index (χ4v) is 1.58. The number of nitrogens with zero attached hydrogens (tertiary/aromatic N) is 2. The van der Waals surface area contributed by atoms with Crippen LogP contribution in [0.4, 0.5) is 11.4 Å². The van der Waals surface area contributed by atoms with Gasteiger partial charge >= 0.3 is 0 Å². The molecule has 1 aromatic carbocycles. The topological polar surface area (TPSA) is 114 Å². The van der Waals surface area contributed by atoms with Crippen LogP contribution in [0.3, 0.4) is 0 Å². The average Bonchev–Trinajstić information content (AvgIpc) is 2.78. The first kappa shape index (κ1) is 12.7. The van der Waals surface area contributed by atoms with Gasteiger partial charge < -0.3 is 5.32 Å². The van der Waals surface area contributed by atoms with Crippen LogP contribution in [0.5, 0.6) is 0 Å². The molecule has 0 bridgehead atoms. The molecule has 0 radical (unpaired) electrons. The summed E-state index contributed by atoms with van der Waals surface area (Å²) in [5, 5.41) is 16.8. The number of hydrogen-bond donors (Lipinski definition) is 2. The van der Waals surface area contributed by atoms with E-state index < -0.39 is 10.8 Å². The zero-order valence-electron chi connectivity index (χ0n) is 9.97. The Morgan fingerprint density at radius 2 is 2.26 bits per heavy atom. The van der Waals surface area contributed by atoms with Gasteiger partial charge in [-0.3, -0.25) is 19.7 Å². The van der Waals surface area contributed by atoms with Crippen molar-refractivity contribution in [1.29, 1.82) is 0 Å². The van der Waals surface area contributed by atoms with Crippen molar-refractivity contribution < 1.29 is 14.5 Å². The van der Waals surface area contributed by atoms with Crippen LogP contribution in [-0.2, 0) is 9.59 Å². The molecule has 0 atom stereocenters. The van der Waals surface area contributed by atoms with E-state index in [4.69, 9.17) is 0 Å². The SMILES string of the molecule is Cc1ccc(NC(=O)C2=NNC(=O)C2)cc1[N+](=O)[O-]. The number of benzene rings is 1. The number of carbonyl (C=O) groups is 2. The quantitative estimate of drug-likeness (QED) is 0.616. The molecule has 19 heavy (non-hydrogen) atoms. The Balaban J connectivity index is 2.16. The molecule has 1 aromatic rings. The first-order valence-corrected chi connectivity index (χ1v) is 5.39. The number of aryl methyl sites for hydroxylation is 1. The number of rotatable bonds is 3. The summed E-state index contributed by atoms with van der Waals surface area (Å²) in [6.45, 7) is 1.60. The molecule has 0 spiro atoms. The maximum absolute atomic E-state index is 11.7. The number of hydrogen-bond acceptors (Lipinski definition) is 5. The number of nitrogens with one attached hydrogen (secondary N) is 2. The molecule has 98 valence electrons. The normalized spacial score (nSPS) is 13.7. The summed E-state index contributed by atoms with van der Waals surface area (Å²) in [6.07, 6.45) is -0.0974. The van der Waals surface area contributed by atoms with E-state index in [9.17, 15) is 19.7 Å². The van der Waals surface area contributed by atoms with Crippen molar-refractivity contribution in [3.05, 3.63) is 33.9 Å². The van der Waals surface area contributed by atoms with Crippen LogP contribution < -0.4 is 10.7 Å². The minimum absolute atomic E-state index is 0.0493. The summed E-state index contributed by atoms with van der Waals surface area (Å²) in [5.41, 5.74) is 2.90. The predicted octanol–water partition coefficient (Wildman–Crippen LogP) is 0.718. The smallest absolute Gasteiger partial charge is 0.274 e. The van der Waals surface area contributed by atoms with Gasteiger partial charge in [-0.25, -0.2) is 5.43 Å². The van der Waals surface area contributed by atoms with Crippen molar-refractivity contribution >= 4 is 28.9 Å². The molecule has 0 saturated heterocycles. The molecule has 8 heteroatoms. The third-order valence-electron chi connectivity index (χ3n) is 2.57. The average molecular weight is 262 g/mol. The molecule has 0 saturated carbocycles. The van der Waals surface area contributed by atoms with Crippen LogP contribution >= 0.6 is 0 Å². The van der Waals surface area contributed by atoms with Crippen molar-refractivity contribution in [2.45, 2.75) is 13.3 Å². The fraction of sp³-hybridized carbons (Fsp3) is 0.182. The summed E-state index contributed by atoms with van der Waals surface area (Å²) < 4.78 is 0. The summed E-state index contributed by atoms with van der Waals surface area (Å²) in [6, 6.07) is 4.34. The van der Waals surface area contributed by atoms with E-state index in [1.54, 1.807) is 13.0 Å². The van der Waals surface area contributed by atoms with Gasteiger partial charge in [-0.1, -0.05) is 6.07 Å². The van der Waals surface area contributed by atoms with Crippen LogP contribution in [0.2, 0.25) is 0 Å². The number of hydrazone groups is 1. The third kappa shape index (κ3) is 2.73. The summed E-state index contributed by atoms with van der Waals surface area (Å²) in [5.74, 6) is -0.920. The molecular formula is C11H10N4O4. The molecule has 1 aliphatic rings. The highest BCUT2D eigenvalue weighted by atomic mass is 16.6.